The maximum Gasteiger partial charge on any atom is 0.296 e. The van der Waals surface area contributed by atoms with Gasteiger partial charge in [-0.1, -0.05) is 0 Å². The van der Waals surface area contributed by atoms with Gasteiger partial charge in [-0.2, -0.15) is 16.8 Å². The SMILES string of the molecule is Nc1c(S(=O)(=O)O)cc(F)c2c1C(=O)c1ccc(S(=O)(=O)O)cc1C2=O. The van der Waals surface area contributed by atoms with E-state index in [4.69, 9.17) is 14.8 Å². The first-order chi connectivity index (χ1) is 11.8. The molecule has 0 atom stereocenters. The first-order valence-electron chi connectivity index (χ1n) is 6.64. The Bertz CT molecular complexity index is 1230. The summed E-state index contributed by atoms with van der Waals surface area (Å²) in [5, 5.41) is 0. The van der Waals surface area contributed by atoms with Gasteiger partial charge in [0.1, 0.15) is 10.7 Å². The predicted octanol–water partition coefficient (Wildman–Crippen LogP) is 0.677. The van der Waals surface area contributed by atoms with E-state index in [1.54, 1.807) is 0 Å². The first-order valence-corrected chi connectivity index (χ1v) is 9.52. The molecule has 26 heavy (non-hydrogen) atoms. The minimum absolute atomic E-state index is 0.284. The largest absolute Gasteiger partial charge is 0.397 e. The highest BCUT2D eigenvalue weighted by Crippen LogP contribution is 2.36. The Morgan fingerprint density at radius 1 is 0.846 bits per heavy atom. The Morgan fingerprint density at radius 3 is 1.96 bits per heavy atom. The molecule has 0 spiro atoms. The van der Waals surface area contributed by atoms with E-state index in [1.807, 2.05) is 0 Å². The predicted molar refractivity (Wildman–Crippen MR) is 83.7 cm³/mol. The standard InChI is InChI=1S/C14H8FNO8S2/c15-8-4-9(26(22,23)24)12(16)11-10(8)14(18)7-3-5(25(19,20)21)1-2-6(7)13(11)17/h1-4H,16H2,(H,19,20,21)(H,22,23,24). The maximum absolute atomic E-state index is 14.3. The van der Waals surface area contributed by atoms with Crippen molar-refractivity contribution >= 4 is 37.5 Å². The van der Waals surface area contributed by atoms with Crippen LogP contribution in [0.5, 0.6) is 0 Å². The van der Waals surface area contributed by atoms with Gasteiger partial charge in [0, 0.05) is 11.1 Å². The van der Waals surface area contributed by atoms with Crippen LogP contribution < -0.4 is 5.73 Å². The molecule has 4 N–H and O–H groups in total. The highest BCUT2D eigenvalue weighted by atomic mass is 32.2. The molecule has 3 rings (SSSR count). The second-order valence-corrected chi connectivity index (χ2v) is 8.15. The van der Waals surface area contributed by atoms with Crippen molar-refractivity contribution in [2.75, 3.05) is 5.73 Å². The third kappa shape index (κ3) is 2.59. The molecule has 0 aliphatic heterocycles. The van der Waals surface area contributed by atoms with E-state index in [2.05, 4.69) is 0 Å². The number of benzene rings is 2. The average Bonchev–Trinajstić information content (AvgIpc) is 2.51. The van der Waals surface area contributed by atoms with Crippen LogP contribution in [0.2, 0.25) is 0 Å². The molecule has 0 radical (unpaired) electrons. The van der Waals surface area contributed by atoms with Crippen molar-refractivity contribution < 1.29 is 39.9 Å². The normalized spacial score (nSPS) is 14.1. The molecule has 0 saturated carbocycles. The van der Waals surface area contributed by atoms with E-state index in [9.17, 15) is 30.8 Å². The van der Waals surface area contributed by atoms with E-state index in [1.165, 1.54) is 0 Å². The fourth-order valence-electron chi connectivity index (χ4n) is 2.65. The van der Waals surface area contributed by atoms with Crippen LogP contribution in [-0.4, -0.2) is 37.5 Å². The highest BCUT2D eigenvalue weighted by molar-refractivity contribution is 7.86. The van der Waals surface area contributed by atoms with Gasteiger partial charge in [-0.25, -0.2) is 4.39 Å². The first kappa shape index (κ1) is 18.1. The number of rotatable bonds is 2. The van der Waals surface area contributed by atoms with Gasteiger partial charge in [-0.3, -0.25) is 18.7 Å². The Hall–Kier alpha value is -2.67. The van der Waals surface area contributed by atoms with Crippen LogP contribution in [0.25, 0.3) is 0 Å². The molecule has 0 fully saturated rings. The minimum atomic E-state index is -4.97. The average molecular weight is 401 g/mol. The number of nitrogens with two attached hydrogens (primary N) is 1. The minimum Gasteiger partial charge on any atom is -0.397 e. The van der Waals surface area contributed by atoms with E-state index in [0.29, 0.717) is 6.07 Å². The molecule has 2 aromatic carbocycles. The van der Waals surface area contributed by atoms with Crippen LogP contribution >= 0.6 is 0 Å². The van der Waals surface area contributed by atoms with Gasteiger partial charge in [-0.05, 0) is 24.3 Å². The number of hydrogen-bond acceptors (Lipinski definition) is 7. The zero-order chi connectivity index (χ0) is 19.6. The monoisotopic (exact) mass is 401 g/mol. The molecule has 0 saturated heterocycles. The van der Waals surface area contributed by atoms with Crippen molar-refractivity contribution in [2.45, 2.75) is 9.79 Å². The fourth-order valence-corrected chi connectivity index (χ4v) is 3.79. The van der Waals surface area contributed by atoms with Crippen LogP contribution in [0.3, 0.4) is 0 Å². The molecule has 136 valence electrons. The number of anilines is 1. The number of fused-ring (bicyclic) bond motifs is 2. The maximum atomic E-state index is 14.3. The van der Waals surface area contributed by atoms with E-state index in [0.717, 1.165) is 12.1 Å². The summed E-state index contributed by atoms with van der Waals surface area (Å²) in [4.78, 5) is 23.3. The Kier molecular flexibility index (Phi) is 3.77. The summed E-state index contributed by atoms with van der Waals surface area (Å²) in [5.74, 6) is -3.62. The van der Waals surface area contributed by atoms with Gasteiger partial charge in [-0.15, -0.1) is 0 Å². The second kappa shape index (κ2) is 5.41. The summed E-state index contributed by atoms with van der Waals surface area (Å²) >= 11 is 0. The lowest BCUT2D eigenvalue weighted by atomic mass is 9.83. The van der Waals surface area contributed by atoms with Gasteiger partial charge in [0.15, 0.2) is 11.6 Å². The summed E-state index contributed by atoms with van der Waals surface area (Å²) in [7, 11) is -9.67. The number of ketones is 2. The molecule has 12 heteroatoms. The lowest BCUT2D eigenvalue weighted by Gasteiger charge is -2.21. The number of halogens is 1. The van der Waals surface area contributed by atoms with Gasteiger partial charge >= 0.3 is 0 Å². The fraction of sp³-hybridized carbons (Fsp3) is 0. The molecule has 0 bridgehead atoms. The molecule has 0 amide bonds. The van der Waals surface area contributed by atoms with E-state index < -0.39 is 69.8 Å². The van der Waals surface area contributed by atoms with Crippen LogP contribution in [0, 0.1) is 5.82 Å². The Balaban J connectivity index is 2.38. The lowest BCUT2D eigenvalue weighted by molar-refractivity contribution is 0.0975. The topological polar surface area (TPSA) is 169 Å². The summed E-state index contributed by atoms with van der Waals surface area (Å²) in [6.45, 7) is 0. The van der Waals surface area contributed by atoms with Crippen molar-refractivity contribution in [2.24, 2.45) is 0 Å². The zero-order valence-electron chi connectivity index (χ0n) is 12.4. The highest BCUT2D eigenvalue weighted by Gasteiger charge is 2.37. The molecule has 1 aliphatic rings. The molecule has 2 aromatic rings. The summed E-state index contributed by atoms with van der Waals surface area (Å²) in [5.41, 5.74) is 2.25. The third-order valence-electron chi connectivity index (χ3n) is 3.79. The van der Waals surface area contributed by atoms with Crippen LogP contribution in [0.4, 0.5) is 10.1 Å². The second-order valence-electron chi connectivity index (χ2n) is 5.34. The van der Waals surface area contributed by atoms with Gasteiger partial charge in [0.25, 0.3) is 20.2 Å². The quantitative estimate of drug-likeness (QED) is 0.413. The van der Waals surface area contributed by atoms with Crippen molar-refractivity contribution in [1.29, 1.82) is 0 Å². The van der Waals surface area contributed by atoms with Crippen molar-refractivity contribution in [1.82, 2.24) is 0 Å². The van der Waals surface area contributed by atoms with E-state index >= 15 is 0 Å². The summed E-state index contributed by atoms with van der Waals surface area (Å²) in [6, 6.07) is 2.72. The number of nitrogen functional groups attached to an aromatic ring is 1. The number of carbonyl (C=O) groups excluding carboxylic acids is 2. The molecule has 1 aliphatic carbocycles. The van der Waals surface area contributed by atoms with Crippen LogP contribution in [0.1, 0.15) is 31.8 Å². The Labute approximate surface area is 145 Å². The van der Waals surface area contributed by atoms with Crippen molar-refractivity contribution in [3.8, 4) is 0 Å². The van der Waals surface area contributed by atoms with Gasteiger partial charge in [0.05, 0.1) is 21.7 Å². The molecule has 0 unspecified atom stereocenters. The van der Waals surface area contributed by atoms with Crippen molar-refractivity contribution in [3.63, 3.8) is 0 Å². The molecule has 0 aromatic heterocycles. The molecular formula is C14H8FNO8S2. The van der Waals surface area contributed by atoms with Gasteiger partial charge < -0.3 is 5.73 Å². The van der Waals surface area contributed by atoms with E-state index in [-0.39, 0.29) is 11.6 Å². The van der Waals surface area contributed by atoms with Crippen LogP contribution in [-0.2, 0) is 20.2 Å². The summed E-state index contributed by atoms with van der Waals surface area (Å²) in [6.07, 6.45) is 0. The van der Waals surface area contributed by atoms with Crippen LogP contribution in [0.15, 0.2) is 34.1 Å². The molecule has 9 nitrogen and oxygen atoms in total. The number of hydrogen-bond donors (Lipinski definition) is 3. The Morgan fingerprint density at radius 2 is 1.42 bits per heavy atom. The van der Waals surface area contributed by atoms with Gasteiger partial charge in [0.2, 0.25) is 0 Å². The summed E-state index contributed by atoms with van der Waals surface area (Å²) < 4.78 is 77.5. The van der Waals surface area contributed by atoms with Crippen molar-refractivity contribution in [3.05, 3.63) is 52.3 Å². The smallest absolute Gasteiger partial charge is 0.296 e. The molecular weight excluding hydrogens is 393 g/mol. The number of carbonyl (C=O) groups is 2. The lowest BCUT2D eigenvalue weighted by Crippen LogP contribution is -2.25. The third-order valence-corrected chi connectivity index (χ3v) is 5.53. The zero-order valence-corrected chi connectivity index (χ0v) is 14.1. The molecule has 0 heterocycles.